The summed E-state index contributed by atoms with van der Waals surface area (Å²) >= 11 is 0. The fourth-order valence-electron chi connectivity index (χ4n) is 6.08. The number of esters is 1. The zero-order valence-electron chi connectivity index (χ0n) is 16.6. The van der Waals surface area contributed by atoms with Gasteiger partial charge in [-0.1, -0.05) is 48.5 Å². The van der Waals surface area contributed by atoms with Gasteiger partial charge in [0.25, 0.3) is 11.4 Å². The van der Waals surface area contributed by atoms with Crippen LogP contribution in [0, 0.1) is 25.6 Å². The normalized spacial score (nSPS) is 25.4. The Morgan fingerprint density at radius 2 is 1.28 bits per heavy atom. The van der Waals surface area contributed by atoms with Crippen molar-refractivity contribution in [2.45, 2.75) is 17.8 Å². The average Bonchev–Trinajstić information content (AvgIpc) is 3.29. The maximum absolute atomic E-state index is 12.8. The molecule has 3 aromatic carbocycles. The summed E-state index contributed by atoms with van der Waals surface area (Å²) in [5, 5.41) is 22.3. The molecule has 2 atom stereocenters. The van der Waals surface area contributed by atoms with Gasteiger partial charge in [-0.2, -0.15) is 0 Å². The largest absolute Gasteiger partial charge is 0.461 e. The van der Waals surface area contributed by atoms with Crippen molar-refractivity contribution >= 4 is 17.3 Å². The van der Waals surface area contributed by atoms with Gasteiger partial charge in [0, 0.05) is 35.3 Å². The van der Waals surface area contributed by atoms with Crippen LogP contribution in [-0.2, 0) is 4.74 Å². The first-order valence-corrected chi connectivity index (χ1v) is 10.2. The SMILES string of the molecule is O=C(OCC12C3c4ccccc4[C@H]1[C@@H]2c1ccccc13)c1cc([N+](=O)[O-])cc([N+](=O)[O-])c1. The number of ether oxygens (including phenoxy) is 1. The Morgan fingerprint density at radius 3 is 1.75 bits per heavy atom. The maximum Gasteiger partial charge on any atom is 0.338 e. The van der Waals surface area contributed by atoms with Crippen molar-refractivity contribution in [3.05, 3.63) is 115 Å². The number of nitrogens with zero attached hydrogens (tertiary/aromatic N) is 2. The Kier molecular flexibility index (Phi) is 3.63. The van der Waals surface area contributed by atoms with Gasteiger partial charge in [0.1, 0.15) is 0 Å². The molecule has 6 rings (SSSR count). The van der Waals surface area contributed by atoms with Crippen molar-refractivity contribution in [3.63, 3.8) is 0 Å². The van der Waals surface area contributed by atoms with Crippen LogP contribution in [0.25, 0.3) is 0 Å². The predicted octanol–water partition coefficient (Wildman–Crippen LogP) is 4.69. The van der Waals surface area contributed by atoms with Crippen molar-refractivity contribution in [1.82, 2.24) is 0 Å². The van der Waals surface area contributed by atoms with E-state index in [-0.39, 0.29) is 35.3 Å². The first-order chi connectivity index (χ1) is 15.4. The van der Waals surface area contributed by atoms with E-state index in [1.54, 1.807) is 0 Å². The van der Waals surface area contributed by atoms with E-state index in [2.05, 4.69) is 24.3 Å². The Hall–Kier alpha value is -4.07. The van der Waals surface area contributed by atoms with E-state index in [9.17, 15) is 25.0 Å². The molecule has 0 heterocycles. The number of nitro groups is 2. The van der Waals surface area contributed by atoms with Crippen LogP contribution in [0.1, 0.15) is 50.4 Å². The molecule has 0 bridgehead atoms. The molecule has 0 aliphatic heterocycles. The molecule has 0 spiro atoms. The van der Waals surface area contributed by atoms with Crippen LogP contribution in [0.4, 0.5) is 11.4 Å². The summed E-state index contributed by atoms with van der Waals surface area (Å²) in [6.45, 7) is 0.145. The van der Waals surface area contributed by atoms with Crippen molar-refractivity contribution in [2.75, 3.05) is 6.61 Å². The van der Waals surface area contributed by atoms with Gasteiger partial charge in [0.05, 0.1) is 28.1 Å². The van der Waals surface area contributed by atoms with E-state index in [4.69, 9.17) is 4.74 Å². The number of benzene rings is 3. The molecule has 0 radical (unpaired) electrons. The molecule has 8 nitrogen and oxygen atoms in total. The fraction of sp³-hybridized carbons (Fsp3) is 0.208. The summed E-state index contributed by atoms with van der Waals surface area (Å²) in [6.07, 6.45) is 0. The summed E-state index contributed by atoms with van der Waals surface area (Å²) in [5.74, 6) is -0.162. The lowest BCUT2D eigenvalue weighted by molar-refractivity contribution is -0.394. The lowest BCUT2D eigenvalue weighted by Gasteiger charge is -2.21. The summed E-state index contributed by atoms with van der Waals surface area (Å²) in [6, 6.07) is 19.4. The molecule has 1 saturated carbocycles. The molecule has 8 heteroatoms. The van der Waals surface area contributed by atoms with Crippen LogP contribution in [0.2, 0.25) is 0 Å². The number of hydrogen-bond donors (Lipinski definition) is 0. The van der Waals surface area contributed by atoms with E-state index in [1.807, 2.05) is 24.3 Å². The van der Waals surface area contributed by atoms with Crippen molar-refractivity contribution in [1.29, 1.82) is 0 Å². The monoisotopic (exact) mass is 428 g/mol. The molecule has 158 valence electrons. The lowest BCUT2D eigenvalue weighted by Crippen LogP contribution is -2.20. The number of rotatable bonds is 5. The molecule has 0 saturated heterocycles. The molecule has 3 aliphatic carbocycles. The van der Waals surface area contributed by atoms with E-state index < -0.39 is 27.2 Å². The van der Waals surface area contributed by atoms with Crippen molar-refractivity contribution < 1.29 is 19.4 Å². The first-order valence-electron chi connectivity index (χ1n) is 10.2. The molecule has 1 fully saturated rings. The second kappa shape index (κ2) is 6.23. The molecule has 0 amide bonds. The van der Waals surface area contributed by atoms with Gasteiger partial charge in [-0.05, 0) is 22.3 Å². The van der Waals surface area contributed by atoms with Crippen LogP contribution in [0.3, 0.4) is 0 Å². The predicted molar refractivity (Wildman–Crippen MR) is 113 cm³/mol. The third-order valence-electron chi connectivity index (χ3n) is 7.22. The molecule has 3 aromatic rings. The van der Waals surface area contributed by atoms with Gasteiger partial charge in [-0.15, -0.1) is 0 Å². The van der Waals surface area contributed by atoms with Gasteiger partial charge in [-0.3, -0.25) is 20.2 Å². The summed E-state index contributed by atoms with van der Waals surface area (Å²) in [5.41, 5.74) is 3.56. The minimum absolute atomic E-state index is 0.122. The topological polar surface area (TPSA) is 113 Å². The Morgan fingerprint density at radius 1 is 0.812 bits per heavy atom. The minimum Gasteiger partial charge on any atom is -0.461 e. The van der Waals surface area contributed by atoms with E-state index in [1.165, 1.54) is 22.3 Å². The van der Waals surface area contributed by atoms with E-state index >= 15 is 0 Å². The van der Waals surface area contributed by atoms with E-state index in [0.717, 1.165) is 18.2 Å². The number of nitro benzene ring substituents is 2. The lowest BCUT2D eigenvalue weighted by atomic mass is 9.85. The quantitative estimate of drug-likeness (QED) is 0.331. The van der Waals surface area contributed by atoms with E-state index in [0.29, 0.717) is 0 Å². The average molecular weight is 428 g/mol. The molecule has 32 heavy (non-hydrogen) atoms. The van der Waals surface area contributed by atoms with Crippen LogP contribution < -0.4 is 0 Å². The second-order valence-electron chi connectivity index (χ2n) is 8.59. The highest BCUT2D eigenvalue weighted by atomic mass is 16.6. The highest BCUT2D eigenvalue weighted by Crippen LogP contribution is 2.85. The molecular formula is C24H16N2O6. The third kappa shape index (κ3) is 2.29. The number of hydrogen-bond acceptors (Lipinski definition) is 6. The smallest absolute Gasteiger partial charge is 0.338 e. The zero-order valence-corrected chi connectivity index (χ0v) is 16.6. The number of non-ortho nitro benzene ring substituents is 2. The van der Waals surface area contributed by atoms with Crippen LogP contribution in [-0.4, -0.2) is 22.4 Å². The van der Waals surface area contributed by atoms with Crippen LogP contribution >= 0.6 is 0 Å². The highest BCUT2D eigenvalue weighted by Gasteiger charge is 2.78. The Bertz CT molecular complexity index is 1260. The number of carbonyl (C=O) groups excluding carboxylic acids is 1. The molecule has 0 unspecified atom stereocenters. The fourth-order valence-corrected chi connectivity index (χ4v) is 6.08. The first kappa shape index (κ1) is 18.7. The van der Waals surface area contributed by atoms with Gasteiger partial charge in [-0.25, -0.2) is 4.79 Å². The number of carbonyl (C=O) groups is 1. The maximum atomic E-state index is 12.8. The van der Waals surface area contributed by atoms with Crippen LogP contribution in [0.15, 0.2) is 66.7 Å². The van der Waals surface area contributed by atoms with Gasteiger partial charge >= 0.3 is 5.97 Å². The van der Waals surface area contributed by atoms with Crippen molar-refractivity contribution in [3.8, 4) is 0 Å². The van der Waals surface area contributed by atoms with Crippen molar-refractivity contribution in [2.24, 2.45) is 5.41 Å². The minimum atomic E-state index is -0.795. The standard InChI is InChI=1S/C24H16N2O6/c27-23(13-9-14(25(28)29)11-15(10-13)26(30)31)32-12-24-20-16-5-1-3-7-18(16)21(24)22(24)19-8-4-2-6-17(19)20/h1-11,20-22H,12H2/t20?,21-,22-,24?/m0/s1. The molecule has 0 aromatic heterocycles. The van der Waals surface area contributed by atoms with Gasteiger partial charge in [0.15, 0.2) is 0 Å². The Balaban J connectivity index is 1.33. The zero-order chi connectivity index (χ0) is 22.2. The second-order valence-corrected chi connectivity index (χ2v) is 8.59. The van der Waals surface area contributed by atoms with Gasteiger partial charge in [0.2, 0.25) is 0 Å². The molecule has 3 aliphatic rings. The third-order valence-corrected chi connectivity index (χ3v) is 7.22. The molecule has 0 N–H and O–H groups in total. The Labute approximate surface area is 181 Å². The summed E-state index contributed by atoms with van der Waals surface area (Å²) < 4.78 is 5.69. The molecular weight excluding hydrogens is 412 g/mol. The van der Waals surface area contributed by atoms with Gasteiger partial charge < -0.3 is 4.74 Å². The summed E-state index contributed by atoms with van der Waals surface area (Å²) in [7, 11) is 0. The highest BCUT2D eigenvalue weighted by molar-refractivity contribution is 5.91. The van der Waals surface area contributed by atoms with Crippen LogP contribution in [0.5, 0.6) is 0 Å². The summed E-state index contributed by atoms with van der Waals surface area (Å²) in [4.78, 5) is 33.6. The number of fused-ring (bicyclic) bond motifs is 7.